The molecular weight excluding hydrogens is 324 g/mol. The second-order valence-corrected chi connectivity index (χ2v) is 7.68. The summed E-state index contributed by atoms with van der Waals surface area (Å²) in [6, 6.07) is 19.0. The molecule has 1 fully saturated rings. The Labute approximate surface area is 155 Å². The van der Waals surface area contributed by atoms with Gasteiger partial charge in [0.1, 0.15) is 5.75 Å². The van der Waals surface area contributed by atoms with E-state index >= 15 is 0 Å². The normalized spacial score (nSPS) is 21.4. The van der Waals surface area contributed by atoms with Crippen LogP contribution in [0.4, 0.5) is 0 Å². The lowest BCUT2D eigenvalue weighted by Crippen LogP contribution is -2.19. The zero-order chi connectivity index (χ0) is 18.7. The Balaban J connectivity index is 1.78. The third kappa shape index (κ3) is 3.98. The summed E-state index contributed by atoms with van der Waals surface area (Å²) in [6.07, 6.45) is 1.41. The van der Waals surface area contributed by atoms with Crippen LogP contribution in [-0.4, -0.2) is 5.97 Å². The van der Waals surface area contributed by atoms with Crippen molar-refractivity contribution in [1.82, 2.24) is 0 Å². The Bertz CT molecular complexity index is 774. The molecule has 0 amide bonds. The third-order valence-electron chi connectivity index (χ3n) is 4.96. The zero-order valence-electron chi connectivity index (χ0n) is 15.8. The highest BCUT2D eigenvalue weighted by Gasteiger charge is 2.61. The van der Waals surface area contributed by atoms with Crippen molar-refractivity contribution in [2.75, 3.05) is 0 Å². The van der Waals surface area contributed by atoms with Crippen LogP contribution in [0.25, 0.3) is 0 Å². The lowest BCUT2D eigenvalue weighted by molar-refractivity contribution is -0.167. The van der Waals surface area contributed by atoms with E-state index in [1.807, 2.05) is 60.7 Å². The van der Waals surface area contributed by atoms with Crippen LogP contribution >= 0.6 is 0 Å². The maximum atomic E-state index is 12.9. The van der Waals surface area contributed by atoms with Gasteiger partial charge in [-0.05, 0) is 37.3 Å². The summed E-state index contributed by atoms with van der Waals surface area (Å²) in [5, 5.41) is 0. The van der Waals surface area contributed by atoms with E-state index in [1.54, 1.807) is 0 Å². The first-order chi connectivity index (χ1) is 12.4. The van der Waals surface area contributed by atoms with Gasteiger partial charge in [0.2, 0.25) is 0 Å². The van der Waals surface area contributed by atoms with Gasteiger partial charge in [-0.1, -0.05) is 74.0 Å². The smallest absolute Gasteiger partial charge is 0.313 e. The standard InChI is InChI=1S/C23H26O3/c1-16(2)15-19-20(23(19,3)4)21(24)26-22(17-11-7-5-8-12-17)25-18-13-9-6-10-14-18/h5-15,19-20,22H,1-4H3. The summed E-state index contributed by atoms with van der Waals surface area (Å²) in [7, 11) is 0. The quantitative estimate of drug-likeness (QED) is 0.389. The molecule has 3 heteroatoms. The predicted octanol–water partition coefficient (Wildman–Crippen LogP) is 5.55. The number of rotatable bonds is 6. The molecule has 0 heterocycles. The van der Waals surface area contributed by atoms with Crippen molar-refractivity contribution < 1.29 is 14.3 Å². The molecule has 0 N–H and O–H groups in total. The van der Waals surface area contributed by atoms with Gasteiger partial charge in [-0.15, -0.1) is 0 Å². The third-order valence-corrected chi connectivity index (χ3v) is 4.96. The molecule has 1 aliphatic carbocycles. The van der Waals surface area contributed by atoms with Crippen LogP contribution in [-0.2, 0) is 9.53 Å². The van der Waals surface area contributed by atoms with E-state index in [-0.39, 0.29) is 23.2 Å². The number of hydrogen-bond donors (Lipinski definition) is 0. The van der Waals surface area contributed by atoms with Crippen molar-refractivity contribution in [1.29, 1.82) is 0 Å². The van der Waals surface area contributed by atoms with E-state index in [2.05, 4.69) is 33.8 Å². The van der Waals surface area contributed by atoms with E-state index < -0.39 is 6.29 Å². The van der Waals surface area contributed by atoms with Crippen molar-refractivity contribution in [2.45, 2.75) is 34.0 Å². The van der Waals surface area contributed by atoms with Crippen LogP contribution in [0, 0.1) is 17.3 Å². The molecule has 3 nitrogen and oxygen atoms in total. The van der Waals surface area contributed by atoms with E-state index in [9.17, 15) is 4.79 Å². The van der Waals surface area contributed by atoms with Gasteiger partial charge in [-0.3, -0.25) is 4.79 Å². The molecule has 3 rings (SSSR count). The fourth-order valence-electron chi connectivity index (χ4n) is 3.37. The summed E-state index contributed by atoms with van der Waals surface area (Å²) < 4.78 is 11.8. The molecule has 2 aromatic rings. The molecule has 0 spiro atoms. The number of ether oxygens (including phenoxy) is 2. The fraction of sp³-hybridized carbons (Fsp3) is 0.348. The molecule has 0 aliphatic heterocycles. The van der Waals surface area contributed by atoms with Gasteiger partial charge in [0.25, 0.3) is 6.29 Å². The second-order valence-electron chi connectivity index (χ2n) is 7.68. The summed E-state index contributed by atoms with van der Waals surface area (Å²) in [6.45, 7) is 8.33. The second kappa shape index (κ2) is 7.36. The van der Waals surface area contributed by atoms with Crippen molar-refractivity contribution in [3.8, 4) is 5.75 Å². The monoisotopic (exact) mass is 350 g/mol. The topological polar surface area (TPSA) is 35.5 Å². The molecule has 3 atom stereocenters. The maximum Gasteiger partial charge on any atom is 0.313 e. The average molecular weight is 350 g/mol. The van der Waals surface area contributed by atoms with Gasteiger partial charge in [-0.2, -0.15) is 0 Å². The largest absolute Gasteiger partial charge is 0.450 e. The van der Waals surface area contributed by atoms with Crippen molar-refractivity contribution in [3.05, 3.63) is 77.9 Å². The number of carbonyl (C=O) groups is 1. The van der Waals surface area contributed by atoms with E-state index in [4.69, 9.17) is 9.47 Å². The minimum atomic E-state index is -0.755. The Morgan fingerprint density at radius 2 is 1.58 bits per heavy atom. The first-order valence-electron chi connectivity index (χ1n) is 9.02. The SMILES string of the molecule is CC(C)=CC1C(C(=O)OC(Oc2ccccc2)c2ccccc2)C1(C)C. The van der Waals surface area contributed by atoms with E-state index in [1.165, 1.54) is 5.57 Å². The molecule has 2 aromatic carbocycles. The molecule has 136 valence electrons. The fourth-order valence-corrected chi connectivity index (χ4v) is 3.37. The molecule has 0 radical (unpaired) electrons. The summed E-state index contributed by atoms with van der Waals surface area (Å²) in [4.78, 5) is 12.9. The zero-order valence-corrected chi connectivity index (χ0v) is 15.8. The highest BCUT2D eigenvalue weighted by atomic mass is 16.7. The van der Waals surface area contributed by atoms with Crippen LogP contribution in [0.15, 0.2) is 72.3 Å². The Morgan fingerprint density at radius 1 is 1.00 bits per heavy atom. The van der Waals surface area contributed by atoms with Crippen LogP contribution in [0.2, 0.25) is 0 Å². The van der Waals surface area contributed by atoms with Gasteiger partial charge in [0, 0.05) is 5.56 Å². The lowest BCUT2D eigenvalue weighted by atomic mass is 10.1. The number of allylic oxidation sites excluding steroid dienone is 2. The summed E-state index contributed by atoms with van der Waals surface area (Å²) in [5.74, 6) is 0.545. The van der Waals surface area contributed by atoms with Crippen LogP contribution in [0.5, 0.6) is 5.75 Å². The van der Waals surface area contributed by atoms with Crippen molar-refractivity contribution in [2.24, 2.45) is 17.3 Å². The van der Waals surface area contributed by atoms with Gasteiger partial charge in [0.15, 0.2) is 0 Å². The minimum absolute atomic E-state index is 0.0810. The van der Waals surface area contributed by atoms with Crippen molar-refractivity contribution in [3.63, 3.8) is 0 Å². The molecule has 1 aliphatic rings. The first-order valence-corrected chi connectivity index (χ1v) is 9.02. The summed E-state index contributed by atoms with van der Waals surface area (Å²) >= 11 is 0. The number of para-hydroxylation sites is 1. The Kier molecular flexibility index (Phi) is 5.17. The van der Waals surface area contributed by atoms with E-state index in [0.717, 1.165) is 5.56 Å². The number of hydrogen-bond acceptors (Lipinski definition) is 3. The van der Waals surface area contributed by atoms with Crippen molar-refractivity contribution >= 4 is 5.97 Å². The highest BCUT2D eigenvalue weighted by molar-refractivity contribution is 5.78. The van der Waals surface area contributed by atoms with Gasteiger partial charge >= 0.3 is 5.97 Å². The van der Waals surface area contributed by atoms with Crippen LogP contribution in [0.1, 0.15) is 39.5 Å². The Hall–Kier alpha value is -2.55. The van der Waals surface area contributed by atoms with Gasteiger partial charge in [0.05, 0.1) is 5.92 Å². The number of esters is 1. The summed E-state index contributed by atoms with van der Waals surface area (Å²) in [5.41, 5.74) is 1.96. The molecule has 0 saturated heterocycles. The highest BCUT2D eigenvalue weighted by Crippen LogP contribution is 2.60. The van der Waals surface area contributed by atoms with Crippen LogP contribution < -0.4 is 4.74 Å². The maximum absolute atomic E-state index is 12.9. The van der Waals surface area contributed by atoms with E-state index in [0.29, 0.717) is 5.75 Å². The first kappa shape index (κ1) is 18.2. The van der Waals surface area contributed by atoms with Gasteiger partial charge in [-0.25, -0.2) is 0 Å². The van der Waals surface area contributed by atoms with Gasteiger partial charge < -0.3 is 9.47 Å². The average Bonchev–Trinajstić information content (AvgIpc) is 3.15. The van der Waals surface area contributed by atoms with Crippen LogP contribution in [0.3, 0.4) is 0 Å². The molecule has 0 aromatic heterocycles. The molecule has 0 bridgehead atoms. The molecule has 1 saturated carbocycles. The molecule has 26 heavy (non-hydrogen) atoms. The number of carbonyl (C=O) groups excluding carboxylic acids is 1. The minimum Gasteiger partial charge on any atom is -0.450 e. The predicted molar refractivity (Wildman–Crippen MR) is 103 cm³/mol. The lowest BCUT2D eigenvalue weighted by Gasteiger charge is -2.20. The molecular formula is C23H26O3. The molecule has 3 unspecified atom stereocenters. The Morgan fingerprint density at radius 3 is 2.15 bits per heavy atom. The number of benzene rings is 2.